The number of likely N-dealkylation sites (N-methyl/N-ethyl adjacent to an activating group) is 1. The highest BCUT2D eigenvalue weighted by atomic mass is 32.2. The highest BCUT2D eigenvalue weighted by molar-refractivity contribution is 7.85. The van der Waals surface area contributed by atoms with Crippen LogP contribution in [-0.4, -0.2) is 97.2 Å². The number of quaternary nitrogens is 1. The monoisotopic (exact) mass is 739 g/mol. The van der Waals surface area contributed by atoms with Gasteiger partial charge in [0.25, 0.3) is 0 Å². The third-order valence-corrected chi connectivity index (χ3v) is 9.51. The van der Waals surface area contributed by atoms with Crippen LogP contribution in [0, 0.1) is 0 Å². The number of nitrogens with zero attached hydrogens (tertiary/aromatic N) is 3. The van der Waals surface area contributed by atoms with Crippen LogP contribution < -0.4 is 15.6 Å². The van der Waals surface area contributed by atoms with Gasteiger partial charge in [0.05, 0.1) is 42.8 Å². The van der Waals surface area contributed by atoms with Crippen LogP contribution in [0.25, 0.3) is 17.0 Å². The van der Waals surface area contributed by atoms with Gasteiger partial charge in [-0.05, 0) is 70.9 Å². The Morgan fingerprint density at radius 1 is 1.00 bits per heavy atom. The Balaban J connectivity index is 0.000000815. The summed E-state index contributed by atoms with van der Waals surface area (Å²) in [6.45, 7) is 10.1. The Morgan fingerprint density at radius 3 is 2.21 bits per heavy atom. The Kier molecular flexibility index (Phi) is 13.7. The first-order valence-corrected chi connectivity index (χ1v) is 18.5. The summed E-state index contributed by atoms with van der Waals surface area (Å²) >= 11 is 0. The molecule has 52 heavy (non-hydrogen) atoms. The minimum atomic E-state index is -4.65. The van der Waals surface area contributed by atoms with Gasteiger partial charge in [-0.3, -0.25) is 4.79 Å². The van der Waals surface area contributed by atoms with Gasteiger partial charge in [-0.15, -0.1) is 0 Å². The first-order valence-electron chi connectivity index (χ1n) is 17.1. The maximum Gasteiger partial charge on any atom is 0.347 e. The third-order valence-electron chi connectivity index (χ3n) is 8.68. The number of benzene rings is 2. The molecule has 0 radical (unpaired) electrons. The van der Waals surface area contributed by atoms with E-state index in [1.165, 1.54) is 18.2 Å². The Bertz CT molecular complexity index is 2050. The summed E-state index contributed by atoms with van der Waals surface area (Å²) in [7, 11) is 0.750. The average molecular weight is 740 g/mol. The van der Waals surface area contributed by atoms with Crippen LogP contribution in [0.5, 0.6) is 5.75 Å². The molecule has 2 aromatic carbocycles. The topological polar surface area (TPSA) is 191 Å². The molecule has 1 aliphatic rings. The third kappa shape index (κ3) is 10.6. The largest absolute Gasteiger partial charge is 0.744 e. The van der Waals surface area contributed by atoms with E-state index < -0.39 is 33.1 Å². The van der Waals surface area contributed by atoms with Crippen LogP contribution in [0.15, 0.2) is 68.7 Å². The van der Waals surface area contributed by atoms with Crippen molar-refractivity contribution in [2.75, 3.05) is 52.2 Å². The predicted molar refractivity (Wildman–Crippen MR) is 197 cm³/mol. The highest BCUT2D eigenvalue weighted by Gasteiger charge is 2.44. The number of aliphatic carboxylic acids is 2. The fraction of sp³-hybridized carbons (Fsp3) is 0.421. The normalized spacial score (nSPS) is 14.2. The van der Waals surface area contributed by atoms with Crippen molar-refractivity contribution in [3.8, 4) is 5.75 Å². The molecule has 3 aromatic rings. The molecule has 0 atom stereocenters. The quantitative estimate of drug-likeness (QED) is 0.0572. The molecule has 0 fully saturated rings. The zero-order valence-electron chi connectivity index (χ0n) is 30.8. The Morgan fingerprint density at radius 2 is 1.65 bits per heavy atom. The summed E-state index contributed by atoms with van der Waals surface area (Å²) in [5.74, 6) is -2.03. The van der Waals surface area contributed by atoms with Gasteiger partial charge in [-0.25, -0.2) is 13.2 Å². The van der Waals surface area contributed by atoms with Gasteiger partial charge in [0.15, 0.2) is 5.71 Å². The number of carboxylic acids is 2. The molecule has 0 aliphatic carbocycles. The van der Waals surface area contributed by atoms with Crippen molar-refractivity contribution < 1.29 is 51.4 Å². The van der Waals surface area contributed by atoms with E-state index in [9.17, 15) is 37.6 Å². The van der Waals surface area contributed by atoms with Gasteiger partial charge in [-0.2, -0.15) is 4.58 Å². The van der Waals surface area contributed by atoms with Gasteiger partial charge in [-0.1, -0.05) is 12.2 Å². The first-order chi connectivity index (χ1) is 24.2. The lowest BCUT2D eigenvalue weighted by Crippen LogP contribution is -2.45. The standard InChI is InChI=1S/C33H38N2O8S.C5H11NO2/c1-5-34(6-2)22-15-17-24-28(20-22)43-32(39)25(31(24)38)12-9-10-13-29-33(3,4)26-21-23(44(40,41)42)16-18-27(26)35(29)19-11-7-8-14-30(36)37;1-6(2,3)4-5(7)8/h9-10,12-13,15-18,20-21H,5-8,11,14,19H2,1-4H3,(H2,36,37,40,41,42);4H2,1-3H3. The van der Waals surface area contributed by atoms with Crippen LogP contribution >= 0.6 is 0 Å². The van der Waals surface area contributed by atoms with Gasteiger partial charge >= 0.3 is 11.6 Å². The number of carbonyl (C=O) groups excluding carboxylic acids is 1. The molecule has 1 aromatic heterocycles. The van der Waals surface area contributed by atoms with Crippen LogP contribution in [-0.2, 0) is 25.1 Å². The number of unbranched alkanes of at least 4 members (excludes halogenated alkanes) is 2. The fourth-order valence-electron chi connectivity index (χ4n) is 6.08. The van der Waals surface area contributed by atoms with Crippen molar-refractivity contribution in [2.45, 2.75) is 63.7 Å². The summed E-state index contributed by atoms with van der Waals surface area (Å²) in [6.07, 6.45) is 8.66. The van der Waals surface area contributed by atoms with E-state index >= 15 is 0 Å². The minimum absolute atomic E-state index is 0.0114. The minimum Gasteiger partial charge on any atom is -0.744 e. The van der Waals surface area contributed by atoms with Gasteiger partial charge < -0.3 is 38.5 Å². The number of anilines is 1. The Hall–Kier alpha value is -4.79. The van der Waals surface area contributed by atoms with Crippen LogP contribution in [0.1, 0.15) is 64.5 Å². The molecule has 0 unspecified atom stereocenters. The molecule has 13 nitrogen and oxygen atoms in total. The van der Waals surface area contributed by atoms with Crippen molar-refractivity contribution in [3.63, 3.8) is 0 Å². The fourth-order valence-corrected chi connectivity index (χ4v) is 6.58. The zero-order valence-corrected chi connectivity index (χ0v) is 31.7. The number of fused-ring (bicyclic) bond motifs is 2. The van der Waals surface area contributed by atoms with Gasteiger partial charge in [0, 0.05) is 55.4 Å². The molecular formula is C38H49N3O10S. The number of hydrogen-bond donors (Lipinski definition) is 2. The number of hydrogen-bond acceptors (Lipinski definition) is 10. The molecular weight excluding hydrogens is 690 g/mol. The second kappa shape index (κ2) is 17.2. The zero-order chi connectivity index (χ0) is 39.0. The molecule has 2 heterocycles. The van der Waals surface area contributed by atoms with E-state index in [1.54, 1.807) is 51.5 Å². The lowest BCUT2D eigenvalue weighted by molar-refractivity contribution is -0.864. The molecule has 0 saturated heterocycles. The van der Waals surface area contributed by atoms with Crippen molar-refractivity contribution in [3.05, 3.63) is 76.2 Å². The maximum absolute atomic E-state index is 12.8. The second-order valence-electron chi connectivity index (χ2n) is 14.0. The van der Waals surface area contributed by atoms with E-state index in [4.69, 9.17) is 9.52 Å². The van der Waals surface area contributed by atoms with Crippen LogP contribution in [0.3, 0.4) is 0 Å². The van der Waals surface area contributed by atoms with E-state index in [-0.39, 0.29) is 29.2 Å². The molecule has 14 heteroatoms. The van der Waals surface area contributed by atoms with E-state index in [1.807, 2.05) is 44.4 Å². The van der Waals surface area contributed by atoms with Crippen LogP contribution in [0.2, 0.25) is 0 Å². The number of carboxylic acid groups (broad SMARTS) is 2. The van der Waals surface area contributed by atoms with Crippen molar-refractivity contribution in [2.24, 2.45) is 0 Å². The number of allylic oxidation sites excluding steroid dienone is 3. The highest BCUT2D eigenvalue weighted by Crippen LogP contribution is 2.41. The van der Waals surface area contributed by atoms with Crippen molar-refractivity contribution in [1.29, 1.82) is 0 Å². The van der Waals surface area contributed by atoms with E-state index in [0.717, 1.165) is 30.2 Å². The average Bonchev–Trinajstić information content (AvgIpc) is 3.24. The summed E-state index contributed by atoms with van der Waals surface area (Å²) in [5, 5.41) is 30.2. The molecule has 0 saturated carbocycles. The summed E-state index contributed by atoms with van der Waals surface area (Å²) in [6, 6.07) is 9.68. The first kappa shape index (κ1) is 41.6. The van der Waals surface area contributed by atoms with E-state index in [2.05, 4.69) is 4.90 Å². The molecule has 2 N–H and O–H groups in total. The smallest absolute Gasteiger partial charge is 0.347 e. The number of aromatic hydroxyl groups is 1. The lowest BCUT2D eigenvalue weighted by Gasteiger charge is -2.23. The summed E-state index contributed by atoms with van der Waals surface area (Å²) in [4.78, 5) is 35.4. The lowest BCUT2D eigenvalue weighted by atomic mass is 9.81. The second-order valence-corrected chi connectivity index (χ2v) is 15.4. The molecule has 1 aliphatic heterocycles. The summed E-state index contributed by atoms with van der Waals surface area (Å²) < 4.78 is 43.3. The number of rotatable bonds is 15. The molecule has 282 valence electrons. The van der Waals surface area contributed by atoms with Crippen molar-refractivity contribution in [1.82, 2.24) is 0 Å². The van der Waals surface area contributed by atoms with Gasteiger partial charge in [0.2, 0.25) is 5.69 Å². The van der Waals surface area contributed by atoms with Crippen molar-refractivity contribution >= 4 is 56.2 Å². The van der Waals surface area contributed by atoms with Crippen LogP contribution in [0.4, 0.5) is 11.4 Å². The summed E-state index contributed by atoms with van der Waals surface area (Å²) in [5.41, 5.74) is 2.12. The van der Waals surface area contributed by atoms with Gasteiger partial charge in [0.1, 0.15) is 40.1 Å². The Labute approximate surface area is 304 Å². The maximum atomic E-state index is 12.8. The van der Waals surface area contributed by atoms with E-state index in [0.29, 0.717) is 46.8 Å². The SMILES string of the molecule is CCN(CC)c1ccc2c(O)c(/C=C/C=C/C3=[N+](CCCCCC(=O)O)c4ccc(S(=O)(=O)[O-])cc4C3(C)C)c(=O)oc2c1.C[N+](C)(C)CC(=O)[O-]. The predicted octanol–water partition coefficient (Wildman–Crippen LogP) is 3.98. The molecule has 0 amide bonds. The number of carbonyl (C=O) groups is 2. The molecule has 0 bridgehead atoms. The molecule has 4 rings (SSSR count). The molecule has 0 spiro atoms.